The molecular weight excluding hydrogens is 755 g/mol. The van der Waals surface area contributed by atoms with E-state index in [9.17, 15) is 0 Å². The lowest BCUT2D eigenvalue weighted by atomic mass is 9.88. The lowest BCUT2D eigenvalue weighted by Gasteiger charge is -2.17. The van der Waals surface area contributed by atoms with Crippen molar-refractivity contribution in [2.45, 2.75) is 0 Å². The zero-order valence-corrected chi connectivity index (χ0v) is 33.4. The SMILES string of the molecule is c1ccc(-c2nc3ccccc3c3c2cc(-c2cc(-c4cccnc4)cc(-c4nc(-c5cccc6ccccc56)nc(-c5cccc6ccccc56)n4)c2)c2ccccc23)cc1. The van der Waals surface area contributed by atoms with Crippen molar-refractivity contribution in [3.8, 4) is 67.7 Å². The van der Waals surface area contributed by atoms with Crippen molar-refractivity contribution < 1.29 is 0 Å². The molecule has 12 rings (SSSR count). The maximum atomic E-state index is 5.35. The van der Waals surface area contributed by atoms with E-state index in [2.05, 4.69) is 199 Å². The Labute approximate surface area is 357 Å². The molecule has 62 heavy (non-hydrogen) atoms. The Hall–Kier alpha value is -8.41. The number of benzene rings is 9. The third-order valence-electron chi connectivity index (χ3n) is 11.9. The van der Waals surface area contributed by atoms with E-state index in [1.807, 2.05) is 18.5 Å². The smallest absolute Gasteiger partial charge is 0.164 e. The van der Waals surface area contributed by atoms with Crippen LogP contribution in [0.15, 0.2) is 213 Å². The van der Waals surface area contributed by atoms with Crippen LogP contribution in [-0.2, 0) is 0 Å². The molecule has 0 amide bonds. The first kappa shape index (κ1) is 35.5. The fourth-order valence-corrected chi connectivity index (χ4v) is 9.07. The zero-order valence-electron chi connectivity index (χ0n) is 33.4. The molecule has 0 aliphatic heterocycles. The number of nitrogens with zero attached hydrogens (tertiary/aromatic N) is 5. The third kappa shape index (κ3) is 6.06. The molecular formula is C57H35N5. The Kier molecular flexibility index (Phi) is 8.42. The van der Waals surface area contributed by atoms with Crippen LogP contribution in [0.4, 0.5) is 0 Å². The average Bonchev–Trinajstić information content (AvgIpc) is 3.35. The first-order valence-electron chi connectivity index (χ1n) is 20.8. The van der Waals surface area contributed by atoms with Crippen molar-refractivity contribution in [2.24, 2.45) is 0 Å². The van der Waals surface area contributed by atoms with Crippen molar-refractivity contribution in [1.29, 1.82) is 0 Å². The van der Waals surface area contributed by atoms with Gasteiger partial charge in [-0.1, -0.05) is 164 Å². The van der Waals surface area contributed by atoms with Gasteiger partial charge < -0.3 is 0 Å². The molecule has 0 N–H and O–H groups in total. The molecule has 0 unspecified atom stereocenters. The Balaban J connectivity index is 1.16. The standard InChI is InChI=1S/C57H35N5/c1-2-17-38(18-3-1)54-51-34-50(45-24-8-9-25-46(45)53(51)49-26-10-11-29-52(49)59-54)41-31-40(39-21-14-30-58-35-39)32-42(33-41)55-60-56(47-27-12-19-36-15-4-6-22-43(36)47)62-57(61-55)48-28-13-20-37-16-5-7-23-44(37)48/h1-35H. The molecule has 9 aromatic carbocycles. The quantitative estimate of drug-likeness (QED) is 0.157. The number of aromatic nitrogens is 5. The number of hydrogen-bond acceptors (Lipinski definition) is 5. The topological polar surface area (TPSA) is 64.5 Å². The van der Waals surface area contributed by atoms with Gasteiger partial charge in [0.1, 0.15) is 0 Å². The second kappa shape index (κ2) is 14.7. The van der Waals surface area contributed by atoms with Gasteiger partial charge in [0, 0.05) is 56.4 Å². The molecule has 0 bridgehead atoms. The molecule has 0 atom stereocenters. The summed E-state index contributed by atoms with van der Waals surface area (Å²) >= 11 is 0. The molecule has 0 saturated carbocycles. The van der Waals surface area contributed by atoms with E-state index in [-0.39, 0.29) is 0 Å². The zero-order chi connectivity index (χ0) is 41.0. The van der Waals surface area contributed by atoms with E-state index in [4.69, 9.17) is 19.9 Å². The molecule has 3 aromatic heterocycles. The molecule has 5 heteroatoms. The van der Waals surface area contributed by atoms with Gasteiger partial charge >= 0.3 is 0 Å². The van der Waals surface area contributed by atoms with Crippen LogP contribution in [0.5, 0.6) is 0 Å². The number of pyridine rings is 2. The minimum atomic E-state index is 0.584. The highest BCUT2D eigenvalue weighted by molar-refractivity contribution is 6.25. The minimum Gasteiger partial charge on any atom is -0.264 e. The summed E-state index contributed by atoms with van der Waals surface area (Å²) < 4.78 is 0. The van der Waals surface area contributed by atoms with Crippen LogP contribution in [0.3, 0.4) is 0 Å². The second-order valence-electron chi connectivity index (χ2n) is 15.6. The summed E-state index contributed by atoms with van der Waals surface area (Å²) in [5.41, 5.74) is 9.89. The largest absolute Gasteiger partial charge is 0.264 e. The lowest BCUT2D eigenvalue weighted by Crippen LogP contribution is -2.01. The molecule has 5 nitrogen and oxygen atoms in total. The summed E-state index contributed by atoms with van der Waals surface area (Å²) in [5, 5.41) is 10.1. The van der Waals surface area contributed by atoms with Crippen LogP contribution < -0.4 is 0 Å². The summed E-state index contributed by atoms with van der Waals surface area (Å²) in [6.07, 6.45) is 3.73. The normalized spacial score (nSPS) is 11.5. The molecule has 3 heterocycles. The first-order chi connectivity index (χ1) is 30.7. The van der Waals surface area contributed by atoms with Crippen molar-refractivity contribution in [3.05, 3.63) is 213 Å². The van der Waals surface area contributed by atoms with Crippen LogP contribution >= 0.6 is 0 Å². The van der Waals surface area contributed by atoms with Gasteiger partial charge in [0.25, 0.3) is 0 Å². The van der Waals surface area contributed by atoms with E-state index in [0.717, 1.165) is 93.4 Å². The van der Waals surface area contributed by atoms with E-state index >= 15 is 0 Å². The number of rotatable bonds is 6. The maximum Gasteiger partial charge on any atom is 0.164 e. The predicted octanol–water partition coefficient (Wildman–Crippen LogP) is 14.4. The number of fused-ring (bicyclic) bond motifs is 7. The van der Waals surface area contributed by atoms with Crippen molar-refractivity contribution >= 4 is 54.0 Å². The van der Waals surface area contributed by atoms with E-state index in [1.165, 1.54) is 10.8 Å². The van der Waals surface area contributed by atoms with Crippen LogP contribution in [0, 0.1) is 0 Å². The van der Waals surface area contributed by atoms with Crippen molar-refractivity contribution in [1.82, 2.24) is 24.9 Å². The van der Waals surface area contributed by atoms with Gasteiger partial charge in [0.2, 0.25) is 0 Å². The van der Waals surface area contributed by atoms with Crippen LogP contribution in [0.2, 0.25) is 0 Å². The van der Waals surface area contributed by atoms with Gasteiger partial charge in [0.15, 0.2) is 17.5 Å². The first-order valence-corrected chi connectivity index (χ1v) is 20.8. The molecule has 0 fully saturated rings. The highest BCUT2D eigenvalue weighted by atomic mass is 15.0. The number of hydrogen-bond donors (Lipinski definition) is 0. The summed E-state index contributed by atoms with van der Waals surface area (Å²) in [7, 11) is 0. The molecule has 0 radical (unpaired) electrons. The van der Waals surface area contributed by atoms with Crippen molar-refractivity contribution in [3.63, 3.8) is 0 Å². The summed E-state index contributed by atoms with van der Waals surface area (Å²) in [6, 6.07) is 70.3. The molecule has 0 aliphatic carbocycles. The molecule has 0 spiro atoms. The van der Waals surface area contributed by atoms with Gasteiger partial charge in [-0.2, -0.15) is 0 Å². The third-order valence-corrected chi connectivity index (χ3v) is 11.9. The van der Waals surface area contributed by atoms with E-state index in [1.54, 1.807) is 0 Å². The molecule has 288 valence electrons. The van der Waals surface area contributed by atoms with Gasteiger partial charge in [-0.25, -0.2) is 19.9 Å². The Morgan fingerprint density at radius 1 is 0.290 bits per heavy atom. The van der Waals surface area contributed by atoms with Gasteiger partial charge in [-0.3, -0.25) is 4.98 Å². The molecule has 0 saturated heterocycles. The fraction of sp³-hybridized carbons (Fsp3) is 0. The Bertz CT molecular complexity index is 3590. The summed E-state index contributed by atoms with van der Waals surface area (Å²) in [4.78, 5) is 25.8. The predicted molar refractivity (Wildman–Crippen MR) is 256 cm³/mol. The second-order valence-corrected chi connectivity index (χ2v) is 15.6. The average molecular weight is 790 g/mol. The van der Waals surface area contributed by atoms with Crippen molar-refractivity contribution in [2.75, 3.05) is 0 Å². The summed E-state index contributed by atoms with van der Waals surface area (Å²) in [6.45, 7) is 0. The fourth-order valence-electron chi connectivity index (χ4n) is 9.07. The Morgan fingerprint density at radius 3 is 1.53 bits per heavy atom. The lowest BCUT2D eigenvalue weighted by molar-refractivity contribution is 1.08. The minimum absolute atomic E-state index is 0.584. The monoisotopic (exact) mass is 789 g/mol. The summed E-state index contributed by atoms with van der Waals surface area (Å²) in [5.74, 6) is 1.81. The Morgan fingerprint density at radius 2 is 0.839 bits per heavy atom. The molecule has 0 aliphatic rings. The van der Waals surface area contributed by atoms with Gasteiger partial charge in [-0.15, -0.1) is 0 Å². The van der Waals surface area contributed by atoms with E-state index < -0.39 is 0 Å². The van der Waals surface area contributed by atoms with Gasteiger partial charge in [-0.05, 0) is 85.4 Å². The van der Waals surface area contributed by atoms with E-state index in [0.29, 0.717) is 17.5 Å². The molecule has 12 aromatic rings. The van der Waals surface area contributed by atoms with Crippen LogP contribution in [0.25, 0.3) is 122 Å². The van der Waals surface area contributed by atoms with Gasteiger partial charge in [0.05, 0.1) is 11.2 Å². The maximum absolute atomic E-state index is 5.35. The van der Waals surface area contributed by atoms with Crippen LogP contribution in [0.1, 0.15) is 0 Å². The highest BCUT2D eigenvalue weighted by Gasteiger charge is 2.20. The number of para-hydroxylation sites is 1. The highest BCUT2D eigenvalue weighted by Crippen LogP contribution is 2.43. The van der Waals surface area contributed by atoms with Crippen LogP contribution in [-0.4, -0.2) is 24.9 Å².